The van der Waals surface area contributed by atoms with Gasteiger partial charge in [-0.25, -0.2) is 18.4 Å². The standard InChI is InChI=1S/C28H25F2N5O3S2/c1-14(2)16-5-7-17(8-6-16)38-13-35-11-10-19(34-35)27(37)33-23-22-18(21-9-4-15(3)39-21)12-20(25(29)30)32-28(22)40-24(23)26(31)36/h4-12,14,25H,13H2,1-3H3,(H2,31,36)(H,33,37). The molecule has 40 heavy (non-hydrogen) atoms. The van der Waals surface area contributed by atoms with Crippen molar-refractivity contribution < 1.29 is 23.1 Å². The molecule has 206 valence electrons. The molecule has 0 fully saturated rings. The van der Waals surface area contributed by atoms with Gasteiger partial charge in [-0.1, -0.05) is 26.0 Å². The Morgan fingerprint density at radius 1 is 1.10 bits per heavy atom. The Labute approximate surface area is 236 Å². The number of aryl methyl sites for hydroxylation is 1. The molecule has 0 aliphatic heterocycles. The molecule has 5 rings (SSSR count). The number of carbonyl (C=O) groups is 2. The highest BCUT2D eigenvalue weighted by Crippen LogP contribution is 2.44. The summed E-state index contributed by atoms with van der Waals surface area (Å²) in [5.74, 6) is -0.348. The number of benzene rings is 1. The summed E-state index contributed by atoms with van der Waals surface area (Å²) < 4.78 is 34.6. The number of aromatic nitrogens is 3. The van der Waals surface area contributed by atoms with E-state index >= 15 is 0 Å². The molecule has 0 saturated heterocycles. The summed E-state index contributed by atoms with van der Waals surface area (Å²) in [6, 6.07) is 14.2. The second kappa shape index (κ2) is 11.1. The van der Waals surface area contributed by atoms with Gasteiger partial charge < -0.3 is 15.8 Å². The molecular formula is C28H25F2N5O3S2. The molecule has 0 unspecified atom stereocenters. The fourth-order valence-electron chi connectivity index (χ4n) is 4.12. The van der Waals surface area contributed by atoms with Gasteiger partial charge >= 0.3 is 0 Å². The second-order valence-electron chi connectivity index (χ2n) is 9.35. The first kappa shape index (κ1) is 27.4. The molecule has 4 aromatic heterocycles. The zero-order valence-corrected chi connectivity index (χ0v) is 23.4. The Hall–Kier alpha value is -4.16. The third-order valence-corrected chi connectivity index (χ3v) is 8.29. The van der Waals surface area contributed by atoms with E-state index in [1.165, 1.54) is 33.7 Å². The number of halogens is 2. The zero-order valence-electron chi connectivity index (χ0n) is 21.8. The van der Waals surface area contributed by atoms with E-state index in [-0.39, 0.29) is 27.8 Å². The number of ether oxygens (including phenoxy) is 1. The monoisotopic (exact) mass is 581 g/mol. The summed E-state index contributed by atoms with van der Waals surface area (Å²) in [5, 5.41) is 7.38. The number of hydrogen-bond donors (Lipinski definition) is 2. The van der Waals surface area contributed by atoms with Crippen molar-refractivity contribution in [1.29, 1.82) is 0 Å². The molecule has 0 atom stereocenters. The Morgan fingerprint density at radius 3 is 2.48 bits per heavy atom. The van der Waals surface area contributed by atoms with Gasteiger partial charge in [-0.3, -0.25) is 9.59 Å². The fourth-order valence-corrected chi connectivity index (χ4v) is 6.02. The van der Waals surface area contributed by atoms with Gasteiger partial charge in [-0.05, 0) is 54.8 Å². The third-order valence-electron chi connectivity index (χ3n) is 6.16. The highest BCUT2D eigenvalue weighted by Gasteiger charge is 2.26. The van der Waals surface area contributed by atoms with Crippen LogP contribution < -0.4 is 15.8 Å². The van der Waals surface area contributed by atoms with Gasteiger partial charge in [-0.15, -0.1) is 22.7 Å². The van der Waals surface area contributed by atoms with Crippen molar-refractivity contribution >= 4 is 50.4 Å². The highest BCUT2D eigenvalue weighted by atomic mass is 32.1. The number of rotatable bonds is 9. The number of nitrogens with one attached hydrogen (secondary N) is 1. The van der Waals surface area contributed by atoms with Crippen molar-refractivity contribution in [3.8, 4) is 16.2 Å². The summed E-state index contributed by atoms with van der Waals surface area (Å²) in [5.41, 5.74) is 7.00. The van der Waals surface area contributed by atoms with E-state index in [0.717, 1.165) is 16.2 Å². The SMILES string of the molecule is Cc1ccc(-c2cc(C(F)F)nc3sc(C(N)=O)c(NC(=O)c4ccn(COc5ccc(C(C)C)cc5)n4)c23)s1. The van der Waals surface area contributed by atoms with Gasteiger partial charge in [0.15, 0.2) is 12.4 Å². The minimum absolute atomic E-state index is 0.00408. The molecule has 1 aromatic carbocycles. The molecule has 0 aliphatic carbocycles. The number of carbonyl (C=O) groups excluding carboxylic acids is 2. The van der Waals surface area contributed by atoms with Gasteiger partial charge in [0.25, 0.3) is 18.2 Å². The normalized spacial score (nSPS) is 11.5. The minimum Gasteiger partial charge on any atom is -0.471 e. The van der Waals surface area contributed by atoms with Crippen LogP contribution in [0.5, 0.6) is 5.75 Å². The van der Waals surface area contributed by atoms with Gasteiger partial charge in [0.05, 0.1) is 5.69 Å². The number of nitrogens with two attached hydrogens (primary N) is 1. The molecule has 5 aromatic rings. The number of nitrogens with zero attached hydrogens (tertiary/aromatic N) is 3. The third kappa shape index (κ3) is 5.58. The molecule has 4 heterocycles. The Morgan fingerprint density at radius 2 is 1.85 bits per heavy atom. The van der Waals surface area contributed by atoms with E-state index in [4.69, 9.17) is 10.5 Å². The van der Waals surface area contributed by atoms with Gasteiger partial charge in [0.1, 0.15) is 21.2 Å². The largest absolute Gasteiger partial charge is 0.471 e. The first-order valence-electron chi connectivity index (χ1n) is 12.3. The summed E-state index contributed by atoms with van der Waals surface area (Å²) >= 11 is 2.26. The molecule has 0 saturated carbocycles. The second-order valence-corrected chi connectivity index (χ2v) is 11.6. The average Bonchev–Trinajstić information content (AvgIpc) is 3.66. The van der Waals surface area contributed by atoms with Crippen LogP contribution in [-0.2, 0) is 6.73 Å². The lowest BCUT2D eigenvalue weighted by Crippen LogP contribution is -2.17. The van der Waals surface area contributed by atoms with Crippen LogP contribution in [0.3, 0.4) is 0 Å². The van der Waals surface area contributed by atoms with Crippen LogP contribution in [0.15, 0.2) is 54.7 Å². The highest BCUT2D eigenvalue weighted by molar-refractivity contribution is 7.21. The summed E-state index contributed by atoms with van der Waals surface area (Å²) in [6.07, 6.45) is -1.23. The van der Waals surface area contributed by atoms with Crippen molar-refractivity contribution in [2.24, 2.45) is 5.73 Å². The van der Waals surface area contributed by atoms with Crippen LogP contribution in [0.4, 0.5) is 14.5 Å². The van der Waals surface area contributed by atoms with Crippen LogP contribution in [0.25, 0.3) is 20.7 Å². The topological polar surface area (TPSA) is 112 Å². The maximum Gasteiger partial charge on any atom is 0.280 e. The lowest BCUT2D eigenvalue weighted by molar-refractivity contribution is 0.100. The van der Waals surface area contributed by atoms with E-state index < -0.39 is 23.9 Å². The van der Waals surface area contributed by atoms with Gasteiger partial charge in [-0.2, -0.15) is 5.10 Å². The number of amides is 2. The molecule has 0 radical (unpaired) electrons. The molecule has 8 nitrogen and oxygen atoms in total. The lowest BCUT2D eigenvalue weighted by Gasteiger charge is -2.10. The first-order valence-corrected chi connectivity index (χ1v) is 13.9. The van der Waals surface area contributed by atoms with Crippen LogP contribution >= 0.6 is 22.7 Å². The predicted molar refractivity (Wildman–Crippen MR) is 152 cm³/mol. The van der Waals surface area contributed by atoms with E-state index in [2.05, 4.69) is 29.2 Å². The number of pyridine rings is 1. The Kier molecular flexibility index (Phi) is 7.63. The number of hydrogen-bond acceptors (Lipinski definition) is 7. The zero-order chi connectivity index (χ0) is 28.6. The van der Waals surface area contributed by atoms with E-state index in [9.17, 15) is 18.4 Å². The molecular weight excluding hydrogens is 556 g/mol. The van der Waals surface area contributed by atoms with Crippen molar-refractivity contribution in [2.45, 2.75) is 39.8 Å². The van der Waals surface area contributed by atoms with Crippen LogP contribution in [0.2, 0.25) is 0 Å². The molecule has 12 heteroatoms. The Bertz CT molecular complexity index is 1710. The summed E-state index contributed by atoms with van der Waals surface area (Å²) in [6.45, 7) is 6.19. The van der Waals surface area contributed by atoms with Crippen molar-refractivity contribution in [3.05, 3.63) is 81.4 Å². The number of primary amides is 1. The van der Waals surface area contributed by atoms with E-state index in [1.54, 1.807) is 12.3 Å². The average molecular weight is 582 g/mol. The smallest absolute Gasteiger partial charge is 0.280 e. The maximum atomic E-state index is 13.7. The van der Waals surface area contributed by atoms with Gasteiger partial charge in [0, 0.05) is 26.9 Å². The number of alkyl halides is 2. The quantitative estimate of drug-likeness (QED) is 0.195. The lowest BCUT2D eigenvalue weighted by atomic mass is 10.0. The van der Waals surface area contributed by atoms with Crippen molar-refractivity contribution in [2.75, 3.05) is 5.32 Å². The summed E-state index contributed by atoms with van der Waals surface area (Å²) in [4.78, 5) is 31.5. The Balaban J connectivity index is 1.44. The van der Waals surface area contributed by atoms with E-state index in [1.807, 2.05) is 37.3 Å². The van der Waals surface area contributed by atoms with Crippen LogP contribution in [0, 0.1) is 6.92 Å². The van der Waals surface area contributed by atoms with Crippen molar-refractivity contribution in [3.63, 3.8) is 0 Å². The van der Waals surface area contributed by atoms with E-state index in [0.29, 0.717) is 27.5 Å². The molecule has 2 amide bonds. The fraction of sp³-hybridized carbons (Fsp3) is 0.214. The van der Waals surface area contributed by atoms with Crippen LogP contribution in [-0.4, -0.2) is 26.6 Å². The van der Waals surface area contributed by atoms with Gasteiger partial charge in [0.2, 0.25) is 0 Å². The van der Waals surface area contributed by atoms with Crippen molar-refractivity contribution in [1.82, 2.24) is 14.8 Å². The number of anilines is 1. The number of fused-ring (bicyclic) bond motifs is 1. The maximum absolute atomic E-state index is 13.7. The predicted octanol–water partition coefficient (Wildman–Crippen LogP) is 6.98. The molecule has 0 bridgehead atoms. The molecule has 0 spiro atoms. The molecule has 3 N–H and O–H groups in total. The first-order chi connectivity index (χ1) is 19.1. The minimum atomic E-state index is -2.82. The number of thiophene rings is 2. The molecule has 0 aliphatic rings. The summed E-state index contributed by atoms with van der Waals surface area (Å²) in [7, 11) is 0. The van der Waals surface area contributed by atoms with Crippen LogP contribution in [0.1, 0.15) is 62.5 Å².